The molecule has 0 aromatic heterocycles. The monoisotopic (exact) mass is 273 g/mol. The van der Waals surface area contributed by atoms with Crippen molar-refractivity contribution in [1.82, 2.24) is 0 Å². The minimum absolute atomic E-state index is 0. The summed E-state index contributed by atoms with van der Waals surface area (Å²) in [5.41, 5.74) is 8.24. The second-order valence-electron chi connectivity index (χ2n) is 4.18. The summed E-state index contributed by atoms with van der Waals surface area (Å²) in [6, 6.07) is 2.03. The van der Waals surface area contributed by atoms with E-state index in [1.165, 1.54) is 11.1 Å². The maximum Gasteiger partial charge on any atom is 0.203 e. The van der Waals surface area contributed by atoms with Crippen molar-refractivity contribution in [2.45, 2.75) is 18.8 Å². The van der Waals surface area contributed by atoms with Gasteiger partial charge in [-0.1, -0.05) is 0 Å². The molecule has 1 aromatic carbocycles. The SMILES string of the molecule is COc1cc2c(c(OC)c1OC)CC[C@@H]2CN.Cl. The smallest absolute Gasteiger partial charge is 0.203 e. The molecule has 2 N–H and O–H groups in total. The molecule has 1 aliphatic rings. The van der Waals surface area contributed by atoms with Gasteiger partial charge in [-0.15, -0.1) is 12.4 Å². The van der Waals surface area contributed by atoms with Crippen LogP contribution in [0.4, 0.5) is 0 Å². The van der Waals surface area contributed by atoms with Crippen molar-refractivity contribution < 1.29 is 14.2 Å². The van der Waals surface area contributed by atoms with E-state index >= 15 is 0 Å². The molecule has 18 heavy (non-hydrogen) atoms. The fraction of sp³-hybridized carbons (Fsp3) is 0.538. The van der Waals surface area contributed by atoms with Gasteiger partial charge in [-0.3, -0.25) is 0 Å². The molecule has 0 aliphatic heterocycles. The maximum atomic E-state index is 5.79. The van der Waals surface area contributed by atoms with Crippen LogP contribution in [0.5, 0.6) is 17.2 Å². The molecule has 0 amide bonds. The van der Waals surface area contributed by atoms with Crippen LogP contribution in [0, 0.1) is 0 Å². The molecule has 0 saturated heterocycles. The highest BCUT2D eigenvalue weighted by Crippen LogP contribution is 2.48. The fourth-order valence-corrected chi connectivity index (χ4v) is 2.58. The van der Waals surface area contributed by atoms with E-state index in [0.29, 0.717) is 24.0 Å². The fourth-order valence-electron chi connectivity index (χ4n) is 2.58. The number of hydrogen-bond acceptors (Lipinski definition) is 4. The van der Waals surface area contributed by atoms with Crippen LogP contribution in [0.2, 0.25) is 0 Å². The van der Waals surface area contributed by atoms with E-state index in [0.717, 1.165) is 18.6 Å². The molecule has 0 fully saturated rings. The Hall–Kier alpha value is -1.13. The average molecular weight is 274 g/mol. The zero-order chi connectivity index (χ0) is 12.4. The Kier molecular flexibility index (Phi) is 5.11. The van der Waals surface area contributed by atoms with Crippen molar-refractivity contribution >= 4 is 12.4 Å². The van der Waals surface area contributed by atoms with Crippen LogP contribution in [0.3, 0.4) is 0 Å². The van der Waals surface area contributed by atoms with Crippen molar-refractivity contribution in [3.05, 3.63) is 17.2 Å². The number of benzene rings is 1. The summed E-state index contributed by atoms with van der Waals surface area (Å²) in [7, 11) is 4.92. The number of hydrogen-bond donors (Lipinski definition) is 1. The first-order chi connectivity index (χ1) is 8.26. The molecule has 4 nitrogen and oxygen atoms in total. The van der Waals surface area contributed by atoms with Gasteiger partial charge in [-0.05, 0) is 36.9 Å². The van der Waals surface area contributed by atoms with Gasteiger partial charge in [0.15, 0.2) is 11.5 Å². The first-order valence-corrected chi connectivity index (χ1v) is 5.78. The number of halogens is 1. The van der Waals surface area contributed by atoms with Gasteiger partial charge < -0.3 is 19.9 Å². The molecular formula is C13H20ClNO3. The summed E-state index contributed by atoms with van der Waals surface area (Å²) >= 11 is 0. The van der Waals surface area contributed by atoms with Gasteiger partial charge in [-0.2, -0.15) is 0 Å². The normalized spacial score (nSPS) is 16.8. The van der Waals surface area contributed by atoms with Crippen LogP contribution < -0.4 is 19.9 Å². The van der Waals surface area contributed by atoms with E-state index in [-0.39, 0.29) is 12.4 Å². The number of fused-ring (bicyclic) bond motifs is 1. The van der Waals surface area contributed by atoms with Gasteiger partial charge in [0.1, 0.15) is 0 Å². The second kappa shape index (κ2) is 6.16. The number of rotatable bonds is 4. The molecule has 0 bridgehead atoms. The predicted octanol–water partition coefficient (Wildman–Crippen LogP) is 2.12. The van der Waals surface area contributed by atoms with Crippen molar-refractivity contribution in [3.8, 4) is 17.2 Å². The largest absolute Gasteiger partial charge is 0.493 e. The molecule has 2 rings (SSSR count). The van der Waals surface area contributed by atoms with Crippen molar-refractivity contribution in [2.24, 2.45) is 5.73 Å². The van der Waals surface area contributed by atoms with Crippen LogP contribution in [0.25, 0.3) is 0 Å². The summed E-state index contributed by atoms with van der Waals surface area (Å²) < 4.78 is 16.2. The van der Waals surface area contributed by atoms with Gasteiger partial charge in [0.2, 0.25) is 5.75 Å². The summed E-state index contributed by atoms with van der Waals surface area (Å²) in [4.78, 5) is 0. The summed E-state index contributed by atoms with van der Waals surface area (Å²) in [6.45, 7) is 0.658. The minimum atomic E-state index is 0. The summed E-state index contributed by atoms with van der Waals surface area (Å²) in [5.74, 6) is 2.58. The quantitative estimate of drug-likeness (QED) is 0.913. The van der Waals surface area contributed by atoms with E-state index < -0.39 is 0 Å². The van der Waals surface area contributed by atoms with E-state index in [1.54, 1.807) is 21.3 Å². The molecule has 0 unspecified atom stereocenters. The molecule has 1 aliphatic carbocycles. The maximum absolute atomic E-state index is 5.79. The lowest BCUT2D eigenvalue weighted by Crippen LogP contribution is -2.09. The lowest BCUT2D eigenvalue weighted by molar-refractivity contribution is 0.322. The Morgan fingerprint density at radius 3 is 2.33 bits per heavy atom. The third-order valence-electron chi connectivity index (χ3n) is 3.43. The average Bonchev–Trinajstić information content (AvgIpc) is 2.78. The van der Waals surface area contributed by atoms with Crippen molar-refractivity contribution in [3.63, 3.8) is 0 Å². The highest BCUT2D eigenvalue weighted by Gasteiger charge is 2.29. The highest BCUT2D eigenvalue weighted by molar-refractivity contribution is 5.85. The second-order valence-corrected chi connectivity index (χ2v) is 4.18. The molecule has 0 spiro atoms. The molecule has 1 aromatic rings. The van der Waals surface area contributed by atoms with E-state index in [9.17, 15) is 0 Å². The lowest BCUT2D eigenvalue weighted by Gasteiger charge is -2.17. The third-order valence-corrected chi connectivity index (χ3v) is 3.43. The van der Waals surface area contributed by atoms with Gasteiger partial charge in [0, 0.05) is 5.56 Å². The van der Waals surface area contributed by atoms with Crippen LogP contribution in [-0.2, 0) is 6.42 Å². The predicted molar refractivity (Wildman–Crippen MR) is 73.5 cm³/mol. The molecule has 5 heteroatoms. The number of nitrogens with two attached hydrogens (primary N) is 1. The van der Waals surface area contributed by atoms with Gasteiger partial charge in [0.05, 0.1) is 21.3 Å². The van der Waals surface area contributed by atoms with Gasteiger partial charge >= 0.3 is 0 Å². The van der Waals surface area contributed by atoms with Crippen molar-refractivity contribution in [1.29, 1.82) is 0 Å². The Balaban J connectivity index is 0.00000162. The topological polar surface area (TPSA) is 53.7 Å². The van der Waals surface area contributed by atoms with Crippen LogP contribution >= 0.6 is 12.4 Å². The summed E-state index contributed by atoms with van der Waals surface area (Å²) in [6.07, 6.45) is 2.05. The zero-order valence-corrected chi connectivity index (χ0v) is 11.8. The zero-order valence-electron chi connectivity index (χ0n) is 11.0. The van der Waals surface area contributed by atoms with E-state index in [1.807, 2.05) is 6.07 Å². The molecule has 0 saturated carbocycles. The van der Waals surface area contributed by atoms with E-state index in [2.05, 4.69) is 0 Å². The molecule has 102 valence electrons. The van der Waals surface area contributed by atoms with Crippen molar-refractivity contribution in [2.75, 3.05) is 27.9 Å². The Labute approximate surface area is 114 Å². The molecule has 0 heterocycles. The molecule has 0 radical (unpaired) electrons. The van der Waals surface area contributed by atoms with E-state index in [4.69, 9.17) is 19.9 Å². The molecular weight excluding hydrogens is 254 g/mol. The Morgan fingerprint density at radius 1 is 1.17 bits per heavy atom. The standard InChI is InChI=1S/C13H19NO3.ClH/c1-15-11-6-10-8(7-14)4-5-9(10)12(16-2)13(11)17-3;/h6,8H,4-5,7,14H2,1-3H3;1H/t8-;/m1./s1. The first kappa shape index (κ1) is 14.9. The first-order valence-electron chi connectivity index (χ1n) is 5.78. The summed E-state index contributed by atoms with van der Waals surface area (Å²) in [5, 5.41) is 0. The van der Waals surface area contributed by atoms with Crippen LogP contribution in [-0.4, -0.2) is 27.9 Å². The Bertz CT molecular complexity index is 423. The highest BCUT2D eigenvalue weighted by atomic mass is 35.5. The molecule has 1 atom stereocenters. The number of ether oxygens (including phenoxy) is 3. The van der Waals surface area contributed by atoms with Crippen LogP contribution in [0.15, 0.2) is 6.07 Å². The van der Waals surface area contributed by atoms with Gasteiger partial charge in [0.25, 0.3) is 0 Å². The third kappa shape index (κ3) is 2.22. The Morgan fingerprint density at radius 2 is 1.83 bits per heavy atom. The van der Waals surface area contributed by atoms with Crippen LogP contribution in [0.1, 0.15) is 23.5 Å². The van der Waals surface area contributed by atoms with Gasteiger partial charge in [-0.25, -0.2) is 0 Å². The number of methoxy groups -OCH3 is 3. The minimum Gasteiger partial charge on any atom is -0.493 e. The lowest BCUT2D eigenvalue weighted by atomic mass is 10.0.